The summed E-state index contributed by atoms with van der Waals surface area (Å²) in [6.07, 6.45) is -0.0377. The zero-order chi connectivity index (χ0) is 19.6. The fourth-order valence-corrected chi connectivity index (χ4v) is 3.63. The number of hydrogen-bond acceptors (Lipinski definition) is 5. The van der Waals surface area contributed by atoms with Gasteiger partial charge in [-0.1, -0.05) is 6.07 Å². The molecule has 9 heteroatoms. The molecule has 1 aromatic heterocycles. The maximum atomic E-state index is 12.3. The van der Waals surface area contributed by atoms with Crippen LogP contribution in [0.1, 0.15) is 17.5 Å². The van der Waals surface area contributed by atoms with Gasteiger partial charge in [-0.3, -0.25) is 9.78 Å². The SMILES string of the molecule is Cc1ccc(S(=O)(=O)NCCC(=O)Nc2ccc3oc(=O)[nH]c3c2)cc1C. The van der Waals surface area contributed by atoms with Crippen LogP contribution in [0.5, 0.6) is 0 Å². The van der Waals surface area contributed by atoms with E-state index in [-0.39, 0.29) is 23.8 Å². The van der Waals surface area contributed by atoms with Gasteiger partial charge in [0.1, 0.15) is 0 Å². The van der Waals surface area contributed by atoms with Crippen LogP contribution >= 0.6 is 0 Å². The molecule has 3 rings (SSSR count). The molecule has 0 saturated heterocycles. The highest BCUT2D eigenvalue weighted by molar-refractivity contribution is 7.89. The third kappa shape index (κ3) is 4.44. The second-order valence-corrected chi connectivity index (χ2v) is 7.93. The molecular weight excluding hydrogens is 370 g/mol. The number of aromatic nitrogens is 1. The molecule has 8 nitrogen and oxygen atoms in total. The van der Waals surface area contributed by atoms with Gasteiger partial charge in [0.05, 0.1) is 10.4 Å². The number of nitrogens with one attached hydrogen (secondary N) is 3. The summed E-state index contributed by atoms with van der Waals surface area (Å²) >= 11 is 0. The highest BCUT2D eigenvalue weighted by Crippen LogP contribution is 2.17. The molecule has 3 N–H and O–H groups in total. The minimum atomic E-state index is -3.68. The number of oxazole rings is 1. The average Bonchev–Trinajstić information content (AvgIpc) is 2.96. The number of carbonyl (C=O) groups is 1. The molecule has 0 radical (unpaired) electrons. The third-order valence-electron chi connectivity index (χ3n) is 4.14. The summed E-state index contributed by atoms with van der Waals surface area (Å²) < 4.78 is 31.9. The van der Waals surface area contributed by atoms with Crippen molar-refractivity contribution in [3.05, 3.63) is 58.1 Å². The smallest absolute Gasteiger partial charge is 0.408 e. The fraction of sp³-hybridized carbons (Fsp3) is 0.222. The van der Waals surface area contributed by atoms with E-state index < -0.39 is 15.8 Å². The molecule has 0 aliphatic heterocycles. The van der Waals surface area contributed by atoms with Crippen molar-refractivity contribution < 1.29 is 17.6 Å². The molecule has 3 aromatic rings. The molecule has 0 spiro atoms. The number of hydrogen-bond donors (Lipinski definition) is 3. The number of carbonyl (C=O) groups excluding carboxylic acids is 1. The molecule has 0 aliphatic rings. The molecule has 1 heterocycles. The summed E-state index contributed by atoms with van der Waals surface area (Å²) in [5, 5.41) is 2.65. The number of aryl methyl sites for hydroxylation is 2. The molecule has 2 aromatic carbocycles. The Morgan fingerprint density at radius 2 is 1.89 bits per heavy atom. The van der Waals surface area contributed by atoms with E-state index in [9.17, 15) is 18.0 Å². The first-order valence-electron chi connectivity index (χ1n) is 8.24. The summed E-state index contributed by atoms with van der Waals surface area (Å²) in [4.78, 5) is 25.8. The first-order chi connectivity index (χ1) is 12.7. The number of anilines is 1. The molecule has 0 bridgehead atoms. The standard InChI is InChI=1S/C18H19N3O5S/c1-11-3-5-14(9-12(11)2)27(24,25)19-8-7-17(22)20-13-4-6-16-15(10-13)21-18(23)26-16/h3-6,9-10,19H,7-8H2,1-2H3,(H,20,22)(H,21,23). The number of fused-ring (bicyclic) bond motifs is 1. The predicted octanol–water partition coefficient (Wildman–Crippen LogP) is 2.05. The molecule has 1 amide bonds. The molecular formula is C18H19N3O5S. The van der Waals surface area contributed by atoms with E-state index in [1.807, 2.05) is 13.8 Å². The highest BCUT2D eigenvalue weighted by atomic mass is 32.2. The van der Waals surface area contributed by atoms with Crippen LogP contribution in [0.2, 0.25) is 0 Å². The molecule has 0 fully saturated rings. The Morgan fingerprint density at radius 1 is 1.11 bits per heavy atom. The fourth-order valence-electron chi connectivity index (χ4n) is 2.52. The molecule has 0 atom stereocenters. The molecule has 142 valence electrons. The van der Waals surface area contributed by atoms with E-state index in [4.69, 9.17) is 4.42 Å². The van der Waals surface area contributed by atoms with Crippen molar-refractivity contribution in [1.29, 1.82) is 0 Å². The van der Waals surface area contributed by atoms with Crippen LogP contribution in [0.3, 0.4) is 0 Å². The maximum Gasteiger partial charge on any atom is 0.417 e. The highest BCUT2D eigenvalue weighted by Gasteiger charge is 2.15. The molecule has 27 heavy (non-hydrogen) atoms. The van der Waals surface area contributed by atoms with Crippen molar-refractivity contribution in [3.63, 3.8) is 0 Å². The average molecular weight is 389 g/mol. The van der Waals surface area contributed by atoms with Crippen molar-refractivity contribution in [3.8, 4) is 0 Å². The van der Waals surface area contributed by atoms with Gasteiger partial charge in [0.25, 0.3) is 0 Å². The van der Waals surface area contributed by atoms with Crippen molar-refractivity contribution >= 4 is 32.7 Å². The van der Waals surface area contributed by atoms with E-state index in [1.165, 1.54) is 6.07 Å². The number of benzene rings is 2. The molecule has 0 aliphatic carbocycles. The van der Waals surface area contributed by atoms with Crippen molar-refractivity contribution in [2.24, 2.45) is 0 Å². The van der Waals surface area contributed by atoms with Gasteiger partial charge in [-0.05, 0) is 55.3 Å². The Labute approximate surface area is 155 Å². The summed E-state index contributed by atoms with van der Waals surface area (Å²) in [5.41, 5.74) is 3.21. The Balaban J connectivity index is 1.58. The Morgan fingerprint density at radius 3 is 2.63 bits per heavy atom. The Hall–Kier alpha value is -2.91. The largest absolute Gasteiger partial charge is 0.417 e. The quantitative estimate of drug-likeness (QED) is 0.596. The lowest BCUT2D eigenvalue weighted by molar-refractivity contribution is -0.116. The van der Waals surface area contributed by atoms with Crippen LogP contribution in [0.25, 0.3) is 11.1 Å². The van der Waals surface area contributed by atoms with Crippen molar-refractivity contribution in [2.45, 2.75) is 25.2 Å². The summed E-state index contributed by atoms with van der Waals surface area (Å²) in [7, 11) is -3.68. The zero-order valence-corrected chi connectivity index (χ0v) is 15.6. The lowest BCUT2D eigenvalue weighted by atomic mass is 10.1. The minimum Gasteiger partial charge on any atom is -0.408 e. The number of H-pyrrole nitrogens is 1. The van der Waals surface area contributed by atoms with Gasteiger partial charge in [-0.15, -0.1) is 0 Å². The van der Waals surface area contributed by atoms with Gasteiger partial charge in [0, 0.05) is 18.7 Å². The van der Waals surface area contributed by atoms with E-state index in [0.29, 0.717) is 16.8 Å². The molecule has 0 unspecified atom stereocenters. The second-order valence-electron chi connectivity index (χ2n) is 6.17. The van der Waals surface area contributed by atoms with Crippen molar-refractivity contribution in [1.82, 2.24) is 9.71 Å². The van der Waals surface area contributed by atoms with Gasteiger partial charge in [0.2, 0.25) is 15.9 Å². The maximum absolute atomic E-state index is 12.3. The van der Waals surface area contributed by atoms with Gasteiger partial charge >= 0.3 is 5.76 Å². The number of amides is 1. The summed E-state index contributed by atoms with van der Waals surface area (Å²) in [6.45, 7) is 3.71. The van der Waals surface area contributed by atoms with Crippen LogP contribution in [-0.4, -0.2) is 25.9 Å². The second kappa shape index (κ2) is 7.37. The molecule has 0 saturated carbocycles. The first kappa shape index (κ1) is 18.9. The summed E-state index contributed by atoms with van der Waals surface area (Å²) in [5.74, 6) is -0.933. The summed E-state index contributed by atoms with van der Waals surface area (Å²) in [6, 6.07) is 9.59. The van der Waals surface area contributed by atoms with E-state index in [0.717, 1.165) is 11.1 Å². The monoisotopic (exact) mass is 389 g/mol. The Bertz CT molecular complexity index is 1160. The van der Waals surface area contributed by atoms with Crippen LogP contribution in [0.15, 0.2) is 50.5 Å². The van der Waals surface area contributed by atoms with E-state index >= 15 is 0 Å². The van der Waals surface area contributed by atoms with Gasteiger partial charge in [-0.2, -0.15) is 0 Å². The minimum absolute atomic E-state index is 0.0358. The third-order valence-corrected chi connectivity index (χ3v) is 5.59. The van der Waals surface area contributed by atoms with E-state index in [2.05, 4.69) is 15.0 Å². The van der Waals surface area contributed by atoms with Crippen LogP contribution < -0.4 is 15.8 Å². The first-order valence-corrected chi connectivity index (χ1v) is 9.72. The normalized spacial score (nSPS) is 11.6. The van der Waals surface area contributed by atoms with Crippen LogP contribution in [0.4, 0.5) is 5.69 Å². The lowest BCUT2D eigenvalue weighted by Crippen LogP contribution is -2.28. The number of aromatic amines is 1. The van der Waals surface area contributed by atoms with Crippen LogP contribution in [-0.2, 0) is 14.8 Å². The van der Waals surface area contributed by atoms with Gasteiger partial charge in [0.15, 0.2) is 5.58 Å². The lowest BCUT2D eigenvalue weighted by Gasteiger charge is -2.09. The van der Waals surface area contributed by atoms with Crippen LogP contribution in [0, 0.1) is 13.8 Å². The number of rotatable bonds is 6. The van der Waals surface area contributed by atoms with E-state index in [1.54, 1.807) is 30.3 Å². The zero-order valence-electron chi connectivity index (χ0n) is 14.8. The van der Waals surface area contributed by atoms with Gasteiger partial charge in [-0.25, -0.2) is 17.9 Å². The predicted molar refractivity (Wildman–Crippen MR) is 101 cm³/mol. The Kier molecular flexibility index (Phi) is 5.15. The van der Waals surface area contributed by atoms with Gasteiger partial charge < -0.3 is 9.73 Å². The van der Waals surface area contributed by atoms with Crippen molar-refractivity contribution in [2.75, 3.05) is 11.9 Å². The topological polar surface area (TPSA) is 121 Å². The number of sulfonamides is 1.